The minimum atomic E-state index is -0.771. The SMILES string of the molecule is CN(CC(=O)O)CC1CCc2cc(-c3ccccc3)ccc2C1c1ccccc1.Cl. The van der Waals surface area contributed by atoms with Gasteiger partial charge in [-0.3, -0.25) is 9.69 Å². The number of nitrogens with zero attached hydrogens (tertiary/aromatic N) is 1. The number of halogens is 1. The fourth-order valence-corrected chi connectivity index (χ4v) is 4.70. The standard InChI is InChI=1S/C26H27NO2.ClH/c1-27(18-25(28)29)17-23-13-12-22-16-21(19-8-4-2-5-9-19)14-15-24(22)26(23)20-10-6-3-7-11-20;/h2-11,14-16,23,26H,12-13,17-18H2,1H3,(H,28,29);1H. The number of rotatable bonds is 6. The Hall–Kier alpha value is -2.62. The minimum Gasteiger partial charge on any atom is -0.480 e. The van der Waals surface area contributed by atoms with Crippen LogP contribution in [0, 0.1) is 5.92 Å². The van der Waals surface area contributed by atoms with Gasteiger partial charge in [0.2, 0.25) is 0 Å². The molecule has 0 amide bonds. The predicted molar refractivity (Wildman–Crippen MR) is 124 cm³/mol. The van der Waals surface area contributed by atoms with Gasteiger partial charge in [-0.15, -0.1) is 12.4 Å². The maximum Gasteiger partial charge on any atom is 0.317 e. The first-order valence-electron chi connectivity index (χ1n) is 10.3. The Morgan fingerprint density at radius 1 is 0.967 bits per heavy atom. The average molecular weight is 422 g/mol. The van der Waals surface area contributed by atoms with Gasteiger partial charge in [0, 0.05) is 12.5 Å². The lowest BCUT2D eigenvalue weighted by Gasteiger charge is -2.36. The number of likely N-dealkylation sites (N-methyl/N-ethyl adjacent to an activating group) is 1. The molecular weight excluding hydrogens is 394 g/mol. The quantitative estimate of drug-likeness (QED) is 0.572. The van der Waals surface area contributed by atoms with Crippen molar-refractivity contribution in [2.75, 3.05) is 20.1 Å². The maximum absolute atomic E-state index is 11.1. The number of hydrogen-bond acceptors (Lipinski definition) is 2. The van der Waals surface area contributed by atoms with Crippen molar-refractivity contribution >= 4 is 18.4 Å². The molecule has 0 fully saturated rings. The van der Waals surface area contributed by atoms with Crippen molar-refractivity contribution < 1.29 is 9.90 Å². The molecule has 0 aliphatic heterocycles. The van der Waals surface area contributed by atoms with Gasteiger partial charge in [-0.2, -0.15) is 0 Å². The van der Waals surface area contributed by atoms with Crippen LogP contribution < -0.4 is 0 Å². The van der Waals surface area contributed by atoms with Crippen LogP contribution in [0.15, 0.2) is 78.9 Å². The normalized spacial score (nSPS) is 17.8. The Morgan fingerprint density at radius 3 is 2.30 bits per heavy atom. The lowest BCUT2D eigenvalue weighted by Crippen LogP contribution is -2.35. The molecule has 0 spiro atoms. The van der Waals surface area contributed by atoms with E-state index in [1.165, 1.54) is 27.8 Å². The van der Waals surface area contributed by atoms with E-state index in [1.807, 2.05) is 18.0 Å². The molecule has 3 aromatic carbocycles. The molecule has 0 radical (unpaired) electrons. The van der Waals surface area contributed by atoms with Crippen LogP contribution in [0.1, 0.15) is 29.0 Å². The number of carboxylic acids is 1. The molecule has 2 unspecified atom stereocenters. The van der Waals surface area contributed by atoms with Gasteiger partial charge >= 0.3 is 5.97 Å². The number of aliphatic carboxylic acids is 1. The van der Waals surface area contributed by atoms with Crippen molar-refractivity contribution in [1.29, 1.82) is 0 Å². The Balaban J connectivity index is 0.00000256. The first kappa shape index (κ1) is 22.1. The zero-order valence-electron chi connectivity index (χ0n) is 17.2. The summed E-state index contributed by atoms with van der Waals surface area (Å²) in [5, 5.41) is 9.15. The third-order valence-corrected chi connectivity index (χ3v) is 5.95. The van der Waals surface area contributed by atoms with Crippen molar-refractivity contribution in [3.8, 4) is 11.1 Å². The summed E-state index contributed by atoms with van der Waals surface area (Å²) in [5.74, 6) is -0.0784. The number of carbonyl (C=O) groups is 1. The highest BCUT2D eigenvalue weighted by atomic mass is 35.5. The van der Waals surface area contributed by atoms with Crippen LogP contribution in [0.5, 0.6) is 0 Å². The smallest absolute Gasteiger partial charge is 0.317 e. The zero-order valence-corrected chi connectivity index (χ0v) is 18.0. The Bertz CT molecular complexity index is 975. The summed E-state index contributed by atoms with van der Waals surface area (Å²) >= 11 is 0. The van der Waals surface area contributed by atoms with E-state index < -0.39 is 5.97 Å². The first-order chi connectivity index (χ1) is 14.1. The fourth-order valence-electron chi connectivity index (χ4n) is 4.70. The largest absolute Gasteiger partial charge is 0.480 e. The van der Waals surface area contributed by atoms with Crippen LogP contribution in [0.2, 0.25) is 0 Å². The molecule has 30 heavy (non-hydrogen) atoms. The molecular formula is C26H28ClNO2. The van der Waals surface area contributed by atoms with Crippen molar-refractivity contribution in [2.45, 2.75) is 18.8 Å². The summed E-state index contributed by atoms with van der Waals surface area (Å²) in [6, 6.07) is 28.0. The molecule has 1 aliphatic rings. The second-order valence-electron chi connectivity index (χ2n) is 8.06. The van der Waals surface area contributed by atoms with Crippen molar-refractivity contribution in [3.05, 3.63) is 95.6 Å². The summed E-state index contributed by atoms with van der Waals surface area (Å²) in [6.45, 7) is 0.865. The second-order valence-corrected chi connectivity index (χ2v) is 8.06. The van der Waals surface area contributed by atoms with Gasteiger partial charge in [0.15, 0.2) is 0 Å². The van der Waals surface area contributed by atoms with Crippen LogP contribution in [0.25, 0.3) is 11.1 Å². The van der Waals surface area contributed by atoms with Crippen molar-refractivity contribution in [1.82, 2.24) is 4.90 Å². The van der Waals surface area contributed by atoms with E-state index in [4.69, 9.17) is 5.11 Å². The topological polar surface area (TPSA) is 40.5 Å². The van der Waals surface area contributed by atoms with Crippen molar-refractivity contribution in [2.24, 2.45) is 5.92 Å². The van der Waals surface area contributed by atoms with Gasteiger partial charge in [-0.1, -0.05) is 78.9 Å². The van der Waals surface area contributed by atoms with Gasteiger partial charge < -0.3 is 5.11 Å². The summed E-state index contributed by atoms with van der Waals surface area (Å²) in [7, 11) is 1.91. The Morgan fingerprint density at radius 2 is 1.63 bits per heavy atom. The third-order valence-electron chi connectivity index (χ3n) is 5.95. The van der Waals surface area contributed by atoms with Gasteiger partial charge in [0.25, 0.3) is 0 Å². The van der Waals surface area contributed by atoms with Gasteiger partial charge in [-0.05, 0) is 53.6 Å². The van der Waals surface area contributed by atoms with Gasteiger partial charge in [0.05, 0.1) is 6.54 Å². The summed E-state index contributed by atoms with van der Waals surface area (Å²) in [6.07, 6.45) is 2.10. The molecule has 0 aromatic heterocycles. The predicted octanol–water partition coefficient (Wildman–Crippen LogP) is 5.49. The average Bonchev–Trinajstić information content (AvgIpc) is 2.74. The monoisotopic (exact) mass is 421 g/mol. The highest BCUT2D eigenvalue weighted by molar-refractivity contribution is 5.85. The highest BCUT2D eigenvalue weighted by Crippen LogP contribution is 2.42. The van der Waals surface area contributed by atoms with E-state index in [2.05, 4.69) is 72.8 Å². The Labute approximate surface area is 184 Å². The molecule has 3 aromatic rings. The summed E-state index contributed by atoms with van der Waals surface area (Å²) in [5.41, 5.74) is 6.62. The Kier molecular flexibility index (Phi) is 7.30. The highest BCUT2D eigenvalue weighted by Gasteiger charge is 2.31. The van der Waals surface area contributed by atoms with E-state index in [0.29, 0.717) is 11.8 Å². The van der Waals surface area contributed by atoms with Crippen LogP contribution in [0.3, 0.4) is 0 Å². The van der Waals surface area contributed by atoms with Crippen LogP contribution in [-0.2, 0) is 11.2 Å². The van der Waals surface area contributed by atoms with E-state index in [0.717, 1.165) is 19.4 Å². The summed E-state index contributed by atoms with van der Waals surface area (Å²) in [4.78, 5) is 13.1. The molecule has 0 bridgehead atoms. The van der Waals surface area contributed by atoms with Crippen molar-refractivity contribution in [3.63, 3.8) is 0 Å². The maximum atomic E-state index is 11.1. The molecule has 4 rings (SSSR count). The van der Waals surface area contributed by atoms with E-state index in [-0.39, 0.29) is 19.0 Å². The molecule has 0 saturated carbocycles. The van der Waals surface area contributed by atoms with Crippen LogP contribution in [-0.4, -0.2) is 36.1 Å². The molecule has 156 valence electrons. The molecule has 0 heterocycles. The molecule has 2 atom stereocenters. The van der Waals surface area contributed by atoms with E-state index in [9.17, 15) is 4.79 Å². The number of carboxylic acid groups (broad SMARTS) is 1. The summed E-state index contributed by atoms with van der Waals surface area (Å²) < 4.78 is 0. The van der Waals surface area contributed by atoms with Crippen LogP contribution in [0.4, 0.5) is 0 Å². The van der Waals surface area contributed by atoms with E-state index in [1.54, 1.807) is 0 Å². The zero-order chi connectivity index (χ0) is 20.2. The molecule has 0 saturated heterocycles. The van der Waals surface area contributed by atoms with Gasteiger partial charge in [-0.25, -0.2) is 0 Å². The number of hydrogen-bond donors (Lipinski definition) is 1. The second kappa shape index (κ2) is 9.92. The third kappa shape index (κ3) is 4.92. The molecule has 3 nitrogen and oxygen atoms in total. The van der Waals surface area contributed by atoms with Crippen LogP contribution >= 0.6 is 12.4 Å². The molecule has 1 N–H and O–H groups in total. The lowest BCUT2D eigenvalue weighted by atomic mass is 9.71. The minimum absolute atomic E-state index is 0. The molecule has 4 heteroatoms. The fraction of sp³-hybridized carbons (Fsp3) is 0.269. The van der Waals surface area contributed by atoms with E-state index >= 15 is 0 Å². The number of fused-ring (bicyclic) bond motifs is 1. The number of benzene rings is 3. The molecule has 1 aliphatic carbocycles. The first-order valence-corrected chi connectivity index (χ1v) is 10.3. The number of aryl methyl sites for hydroxylation is 1. The lowest BCUT2D eigenvalue weighted by molar-refractivity contribution is -0.138. The van der Waals surface area contributed by atoms with Gasteiger partial charge in [0.1, 0.15) is 0 Å².